The summed E-state index contributed by atoms with van der Waals surface area (Å²) in [6, 6.07) is 5.30. The molecule has 0 aliphatic heterocycles. The quantitative estimate of drug-likeness (QED) is 0.698. The summed E-state index contributed by atoms with van der Waals surface area (Å²) in [4.78, 5) is 0. The minimum absolute atomic E-state index is 0.176. The molecule has 19 heavy (non-hydrogen) atoms. The molecule has 0 saturated heterocycles. The molecule has 0 radical (unpaired) electrons. The lowest BCUT2D eigenvalue weighted by atomic mass is 9.99. The minimum Gasteiger partial charge on any atom is -0.382 e. The van der Waals surface area contributed by atoms with E-state index in [0.717, 1.165) is 18.4 Å². The van der Waals surface area contributed by atoms with Crippen molar-refractivity contribution in [3.63, 3.8) is 0 Å². The van der Waals surface area contributed by atoms with Gasteiger partial charge in [-0.2, -0.15) is 0 Å². The van der Waals surface area contributed by atoms with Gasteiger partial charge in [0.25, 0.3) is 0 Å². The van der Waals surface area contributed by atoms with E-state index < -0.39 is 0 Å². The number of hydrogen-bond donors (Lipinski definition) is 1. The van der Waals surface area contributed by atoms with Gasteiger partial charge in [-0.1, -0.05) is 6.07 Å². The van der Waals surface area contributed by atoms with Crippen molar-refractivity contribution < 1.29 is 13.9 Å². The molecule has 108 valence electrons. The summed E-state index contributed by atoms with van der Waals surface area (Å²) in [5.74, 6) is -0.176. The summed E-state index contributed by atoms with van der Waals surface area (Å²) in [6.07, 6.45) is 1.81. The Hall–Kier alpha value is -0.970. The number of aryl methyl sites for hydroxylation is 1. The van der Waals surface area contributed by atoms with E-state index in [1.165, 1.54) is 11.6 Å². The molecule has 0 aliphatic carbocycles. The molecule has 1 aromatic carbocycles. The Balaban J connectivity index is 2.39. The molecule has 1 rings (SSSR count). The lowest BCUT2D eigenvalue weighted by molar-refractivity contribution is 0.0661. The second-order valence-electron chi connectivity index (χ2n) is 4.65. The van der Waals surface area contributed by atoms with Crippen LogP contribution in [0.4, 0.5) is 4.39 Å². The smallest absolute Gasteiger partial charge is 0.123 e. The van der Waals surface area contributed by atoms with Crippen LogP contribution in [0, 0.1) is 12.7 Å². The number of likely N-dealkylation sites (N-methyl/N-ethyl adjacent to an activating group) is 1. The normalized spacial score (nSPS) is 12.6. The maximum atomic E-state index is 13.0. The minimum atomic E-state index is -0.176. The molecule has 1 N–H and O–H groups in total. The molecule has 0 spiro atoms. The van der Waals surface area contributed by atoms with Gasteiger partial charge in [0.2, 0.25) is 0 Å². The van der Waals surface area contributed by atoms with Crippen LogP contribution in [-0.2, 0) is 15.9 Å². The fourth-order valence-corrected chi connectivity index (χ4v) is 1.97. The van der Waals surface area contributed by atoms with Crippen LogP contribution in [0.2, 0.25) is 0 Å². The average molecular weight is 269 g/mol. The monoisotopic (exact) mass is 269 g/mol. The first-order valence-corrected chi connectivity index (χ1v) is 6.66. The number of rotatable bonds is 9. The molecule has 0 amide bonds. The van der Waals surface area contributed by atoms with E-state index in [-0.39, 0.29) is 5.82 Å². The molecule has 3 nitrogen and oxygen atoms in total. The Labute approximate surface area is 115 Å². The van der Waals surface area contributed by atoms with Crippen LogP contribution in [-0.4, -0.2) is 40.0 Å². The summed E-state index contributed by atoms with van der Waals surface area (Å²) < 4.78 is 23.4. The van der Waals surface area contributed by atoms with Crippen molar-refractivity contribution in [2.24, 2.45) is 0 Å². The van der Waals surface area contributed by atoms with E-state index >= 15 is 0 Å². The molecule has 1 unspecified atom stereocenters. The first kappa shape index (κ1) is 16.1. The van der Waals surface area contributed by atoms with Gasteiger partial charge in [0, 0.05) is 19.8 Å². The van der Waals surface area contributed by atoms with E-state index in [4.69, 9.17) is 9.47 Å². The van der Waals surface area contributed by atoms with Crippen molar-refractivity contribution >= 4 is 0 Å². The molecule has 4 heteroatoms. The molecule has 0 fully saturated rings. The van der Waals surface area contributed by atoms with Gasteiger partial charge in [0.05, 0.1) is 13.2 Å². The molecule has 0 heterocycles. The predicted octanol–water partition coefficient (Wildman–Crippen LogP) is 2.32. The average Bonchev–Trinajstić information content (AvgIpc) is 2.39. The number of benzene rings is 1. The molecule has 0 bridgehead atoms. The highest BCUT2D eigenvalue weighted by molar-refractivity contribution is 5.27. The van der Waals surface area contributed by atoms with Crippen LogP contribution in [0.15, 0.2) is 18.2 Å². The van der Waals surface area contributed by atoms with Gasteiger partial charge in [-0.15, -0.1) is 0 Å². The van der Waals surface area contributed by atoms with E-state index in [1.54, 1.807) is 13.2 Å². The van der Waals surface area contributed by atoms with E-state index in [2.05, 4.69) is 5.32 Å². The summed E-state index contributed by atoms with van der Waals surface area (Å²) in [6.45, 7) is 3.90. The third kappa shape index (κ3) is 6.14. The largest absolute Gasteiger partial charge is 0.382 e. The van der Waals surface area contributed by atoms with Crippen LogP contribution < -0.4 is 5.32 Å². The maximum absolute atomic E-state index is 13.0. The summed E-state index contributed by atoms with van der Waals surface area (Å²) >= 11 is 0. The molecular formula is C15H24FNO2. The number of hydrogen-bond acceptors (Lipinski definition) is 3. The molecule has 0 aliphatic rings. The zero-order chi connectivity index (χ0) is 14.1. The van der Waals surface area contributed by atoms with Crippen LogP contribution in [0.3, 0.4) is 0 Å². The SMILES string of the molecule is CNC(CCOCCOC)Cc1ccc(F)cc1C. The van der Waals surface area contributed by atoms with Gasteiger partial charge in [0.1, 0.15) is 5.82 Å². The zero-order valence-corrected chi connectivity index (χ0v) is 12.0. The Bertz CT molecular complexity index is 371. The maximum Gasteiger partial charge on any atom is 0.123 e. The van der Waals surface area contributed by atoms with E-state index in [0.29, 0.717) is 25.9 Å². The van der Waals surface area contributed by atoms with Crippen molar-refractivity contribution in [2.75, 3.05) is 34.0 Å². The molecule has 1 aromatic rings. The Morgan fingerprint density at radius 3 is 2.68 bits per heavy atom. The molecular weight excluding hydrogens is 245 g/mol. The first-order valence-electron chi connectivity index (χ1n) is 6.66. The van der Waals surface area contributed by atoms with Crippen molar-refractivity contribution in [1.82, 2.24) is 5.32 Å². The molecule has 0 saturated carbocycles. The third-order valence-electron chi connectivity index (χ3n) is 3.22. The van der Waals surface area contributed by atoms with E-state index in [1.807, 2.05) is 20.0 Å². The summed E-state index contributed by atoms with van der Waals surface area (Å²) in [5, 5.41) is 3.28. The fraction of sp³-hybridized carbons (Fsp3) is 0.600. The van der Waals surface area contributed by atoms with Crippen molar-refractivity contribution in [2.45, 2.75) is 25.8 Å². The zero-order valence-electron chi connectivity index (χ0n) is 12.0. The lowest BCUT2D eigenvalue weighted by Gasteiger charge is -2.17. The van der Waals surface area contributed by atoms with Crippen LogP contribution >= 0.6 is 0 Å². The van der Waals surface area contributed by atoms with Gasteiger partial charge in [0.15, 0.2) is 0 Å². The number of methoxy groups -OCH3 is 1. The second-order valence-corrected chi connectivity index (χ2v) is 4.65. The van der Waals surface area contributed by atoms with E-state index in [9.17, 15) is 4.39 Å². The van der Waals surface area contributed by atoms with Gasteiger partial charge in [-0.05, 0) is 50.1 Å². The Kier molecular flexibility index (Phi) is 7.63. The predicted molar refractivity (Wildman–Crippen MR) is 75.0 cm³/mol. The fourth-order valence-electron chi connectivity index (χ4n) is 1.97. The highest BCUT2D eigenvalue weighted by Crippen LogP contribution is 2.13. The lowest BCUT2D eigenvalue weighted by Crippen LogP contribution is -2.29. The molecule has 1 atom stereocenters. The molecule has 0 aromatic heterocycles. The van der Waals surface area contributed by atoms with Gasteiger partial charge < -0.3 is 14.8 Å². The topological polar surface area (TPSA) is 30.5 Å². The van der Waals surface area contributed by atoms with Crippen LogP contribution in [0.5, 0.6) is 0 Å². The second kappa shape index (κ2) is 9.02. The number of ether oxygens (including phenoxy) is 2. The highest BCUT2D eigenvalue weighted by Gasteiger charge is 2.09. The first-order chi connectivity index (χ1) is 9.17. The van der Waals surface area contributed by atoms with Crippen molar-refractivity contribution in [1.29, 1.82) is 0 Å². The number of halogens is 1. The van der Waals surface area contributed by atoms with Crippen molar-refractivity contribution in [3.05, 3.63) is 35.1 Å². The number of nitrogens with one attached hydrogen (secondary N) is 1. The van der Waals surface area contributed by atoms with Gasteiger partial charge in [-0.25, -0.2) is 4.39 Å². The van der Waals surface area contributed by atoms with Gasteiger partial charge in [-0.3, -0.25) is 0 Å². The summed E-state index contributed by atoms with van der Waals surface area (Å²) in [7, 11) is 3.61. The van der Waals surface area contributed by atoms with Crippen LogP contribution in [0.25, 0.3) is 0 Å². The highest BCUT2D eigenvalue weighted by atomic mass is 19.1. The van der Waals surface area contributed by atoms with Crippen molar-refractivity contribution in [3.8, 4) is 0 Å². The van der Waals surface area contributed by atoms with Crippen LogP contribution in [0.1, 0.15) is 17.5 Å². The Morgan fingerprint density at radius 2 is 2.05 bits per heavy atom. The Morgan fingerprint density at radius 1 is 1.26 bits per heavy atom. The summed E-state index contributed by atoms with van der Waals surface area (Å²) in [5.41, 5.74) is 2.18. The third-order valence-corrected chi connectivity index (χ3v) is 3.22. The van der Waals surface area contributed by atoms with Gasteiger partial charge >= 0.3 is 0 Å². The standard InChI is InChI=1S/C15H24FNO2/c1-12-10-14(16)5-4-13(12)11-15(17-2)6-7-19-9-8-18-3/h4-5,10,15,17H,6-9,11H2,1-3H3.